The number of rotatable bonds is 6. The molecule has 2 aromatic rings. The number of likely N-dealkylation sites (N-methyl/N-ethyl adjacent to an activating group) is 1. The molecule has 20 heavy (non-hydrogen) atoms. The summed E-state index contributed by atoms with van der Waals surface area (Å²) in [7, 11) is 2.06. The number of aromatic nitrogens is 1. The second-order valence-corrected chi connectivity index (χ2v) is 5.53. The Kier molecular flexibility index (Phi) is 5.10. The fourth-order valence-corrected chi connectivity index (χ4v) is 2.63. The lowest BCUT2D eigenvalue weighted by atomic mass is 10.2. The zero-order valence-corrected chi connectivity index (χ0v) is 12.5. The lowest BCUT2D eigenvalue weighted by Gasteiger charge is -2.16. The molecular formula is C15H17N3OS. The van der Waals surface area contributed by atoms with Crippen molar-refractivity contribution >= 4 is 11.3 Å². The van der Waals surface area contributed by atoms with Crippen LogP contribution >= 0.6 is 11.3 Å². The third-order valence-electron chi connectivity index (χ3n) is 2.96. The summed E-state index contributed by atoms with van der Waals surface area (Å²) < 4.78 is 5.66. The Balaban J connectivity index is 1.78. The summed E-state index contributed by atoms with van der Waals surface area (Å²) in [5.41, 5.74) is 3.60. The Morgan fingerprint density at radius 3 is 3.00 bits per heavy atom. The largest absolute Gasteiger partial charge is 0.492 e. The maximum atomic E-state index is 8.83. The molecule has 0 fully saturated rings. The molecule has 0 spiro atoms. The van der Waals surface area contributed by atoms with Gasteiger partial charge in [0, 0.05) is 18.0 Å². The van der Waals surface area contributed by atoms with E-state index in [4.69, 9.17) is 10.00 Å². The van der Waals surface area contributed by atoms with E-state index in [1.807, 2.05) is 24.6 Å². The number of thiazole rings is 1. The predicted octanol–water partition coefficient (Wildman–Crippen LogP) is 2.83. The average molecular weight is 287 g/mol. The number of hydrogen-bond acceptors (Lipinski definition) is 5. The van der Waals surface area contributed by atoms with Gasteiger partial charge in [0.05, 0.1) is 22.8 Å². The van der Waals surface area contributed by atoms with Gasteiger partial charge in [-0.3, -0.25) is 4.90 Å². The number of ether oxygens (including phenoxy) is 1. The van der Waals surface area contributed by atoms with E-state index < -0.39 is 0 Å². The summed E-state index contributed by atoms with van der Waals surface area (Å²) in [6.45, 7) is 4.35. The number of benzene rings is 1. The van der Waals surface area contributed by atoms with Crippen LogP contribution in [0, 0.1) is 18.3 Å². The highest BCUT2D eigenvalue weighted by Gasteiger charge is 2.05. The van der Waals surface area contributed by atoms with E-state index in [1.165, 1.54) is 4.88 Å². The highest BCUT2D eigenvalue weighted by atomic mass is 32.1. The number of nitrogens with zero attached hydrogens (tertiary/aromatic N) is 3. The lowest BCUT2D eigenvalue weighted by molar-refractivity contribution is 0.233. The molecule has 0 radical (unpaired) electrons. The summed E-state index contributed by atoms with van der Waals surface area (Å²) >= 11 is 1.68. The molecule has 0 saturated heterocycles. The van der Waals surface area contributed by atoms with Crippen LogP contribution in [0.2, 0.25) is 0 Å². The van der Waals surface area contributed by atoms with Crippen LogP contribution in [0.5, 0.6) is 5.75 Å². The number of hydrogen-bond donors (Lipinski definition) is 0. The summed E-state index contributed by atoms with van der Waals surface area (Å²) in [4.78, 5) is 7.74. The molecule has 0 aliphatic heterocycles. The van der Waals surface area contributed by atoms with Crippen LogP contribution in [0.15, 0.2) is 29.8 Å². The van der Waals surface area contributed by atoms with Gasteiger partial charge < -0.3 is 4.74 Å². The standard InChI is InChI=1S/C15H17N3OS/c1-12-15(20-11-17-12)10-18(2)6-7-19-14-5-3-4-13(8-14)9-16/h3-5,8,11H,6-7,10H2,1-2H3. The first kappa shape index (κ1) is 14.5. The van der Waals surface area contributed by atoms with Crippen LogP contribution in [-0.4, -0.2) is 30.1 Å². The van der Waals surface area contributed by atoms with Gasteiger partial charge in [-0.25, -0.2) is 4.98 Å². The highest BCUT2D eigenvalue weighted by Crippen LogP contribution is 2.15. The zero-order valence-electron chi connectivity index (χ0n) is 11.7. The van der Waals surface area contributed by atoms with Gasteiger partial charge in [0.1, 0.15) is 12.4 Å². The lowest BCUT2D eigenvalue weighted by Crippen LogP contribution is -2.23. The topological polar surface area (TPSA) is 49.2 Å². The highest BCUT2D eigenvalue weighted by molar-refractivity contribution is 7.09. The molecule has 104 valence electrons. The van der Waals surface area contributed by atoms with Gasteiger partial charge in [-0.05, 0) is 32.2 Å². The van der Waals surface area contributed by atoms with E-state index in [0.29, 0.717) is 12.2 Å². The third kappa shape index (κ3) is 4.05. The fraction of sp³-hybridized carbons (Fsp3) is 0.333. The Bertz CT molecular complexity index is 603. The van der Waals surface area contributed by atoms with Crippen LogP contribution in [0.25, 0.3) is 0 Å². The SMILES string of the molecule is Cc1ncsc1CN(C)CCOc1cccc(C#N)c1. The maximum absolute atomic E-state index is 8.83. The van der Waals surface area contributed by atoms with E-state index in [1.54, 1.807) is 23.5 Å². The van der Waals surface area contributed by atoms with Gasteiger partial charge in [-0.1, -0.05) is 6.07 Å². The second kappa shape index (κ2) is 7.04. The van der Waals surface area contributed by atoms with E-state index in [-0.39, 0.29) is 0 Å². The molecule has 0 amide bonds. The molecule has 0 bridgehead atoms. The van der Waals surface area contributed by atoms with E-state index in [2.05, 4.69) is 23.0 Å². The Hall–Kier alpha value is -1.90. The smallest absolute Gasteiger partial charge is 0.120 e. The average Bonchev–Trinajstić information content (AvgIpc) is 2.84. The molecule has 1 aromatic heterocycles. The molecule has 1 heterocycles. The van der Waals surface area contributed by atoms with E-state index in [0.717, 1.165) is 24.5 Å². The third-order valence-corrected chi connectivity index (χ3v) is 3.88. The van der Waals surface area contributed by atoms with Crippen LogP contribution in [0.4, 0.5) is 0 Å². The molecule has 5 heteroatoms. The first-order chi connectivity index (χ1) is 9.69. The van der Waals surface area contributed by atoms with Crippen molar-refractivity contribution in [2.24, 2.45) is 0 Å². The van der Waals surface area contributed by atoms with Crippen LogP contribution < -0.4 is 4.74 Å². The van der Waals surface area contributed by atoms with E-state index in [9.17, 15) is 0 Å². The zero-order chi connectivity index (χ0) is 14.4. The number of nitriles is 1. The fourth-order valence-electron chi connectivity index (χ4n) is 1.78. The summed E-state index contributed by atoms with van der Waals surface area (Å²) in [6.07, 6.45) is 0. The normalized spacial score (nSPS) is 10.5. The Morgan fingerprint density at radius 1 is 1.45 bits per heavy atom. The first-order valence-corrected chi connectivity index (χ1v) is 7.27. The van der Waals surface area contributed by atoms with Crippen LogP contribution in [0.1, 0.15) is 16.1 Å². The van der Waals surface area contributed by atoms with Crippen molar-refractivity contribution in [1.82, 2.24) is 9.88 Å². The molecule has 0 saturated carbocycles. The minimum atomic E-state index is 0.600. The quantitative estimate of drug-likeness (QED) is 0.819. The van der Waals surface area contributed by atoms with Gasteiger partial charge in [-0.2, -0.15) is 5.26 Å². The van der Waals surface area contributed by atoms with Gasteiger partial charge in [0.2, 0.25) is 0 Å². The molecule has 0 atom stereocenters. The van der Waals surface area contributed by atoms with Crippen molar-refractivity contribution in [2.75, 3.05) is 20.2 Å². The molecular weight excluding hydrogens is 270 g/mol. The minimum absolute atomic E-state index is 0.600. The monoisotopic (exact) mass is 287 g/mol. The minimum Gasteiger partial charge on any atom is -0.492 e. The summed E-state index contributed by atoms with van der Waals surface area (Å²) in [6, 6.07) is 9.33. The van der Waals surface area contributed by atoms with E-state index >= 15 is 0 Å². The van der Waals surface area contributed by atoms with Gasteiger partial charge in [0.25, 0.3) is 0 Å². The van der Waals surface area contributed by atoms with Crippen molar-refractivity contribution in [1.29, 1.82) is 5.26 Å². The molecule has 0 aliphatic carbocycles. The molecule has 0 aliphatic rings. The van der Waals surface area contributed by atoms with Crippen molar-refractivity contribution in [2.45, 2.75) is 13.5 Å². The van der Waals surface area contributed by atoms with Gasteiger partial charge in [-0.15, -0.1) is 11.3 Å². The Labute approximate surface area is 123 Å². The molecule has 0 N–H and O–H groups in total. The van der Waals surface area contributed by atoms with Crippen molar-refractivity contribution in [3.8, 4) is 11.8 Å². The summed E-state index contributed by atoms with van der Waals surface area (Å²) in [5.74, 6) is 0.742. The van der Waals surface area contributed by atoms with Gasteiger partial charge >= 0.3 is 0 Å². The maximum Gasteiger partial charge on any atom is 0.120 e. The van der Waals surface area contributed by atoms with Gasteiger partial charge in [0.15, 0.2) is 0 Å². The van der Waals surface area contributed by atoms with Crippen molar-refractivity contribution in [3.05, 3.63) is 45.9 Å². The predicted molar refractivity (Wildman–Crippen MR) is 79.8 cm³/mol. The van der Waals surface area contributed by atoms with Crippen molar-refractivity contribution in [3.63, 3.8) is 0 Å². The molecule has 2 rings (SSSR count). The van der Waals surface area contributed by atoms with Crippen molar-refractivity contribution < 1.29 is 4.74 Å². The first-order valence-electron chi connectivity index (χ1n) is 6.39. The van der Waals surface area contributed by atoms with Crippen LogP contribution in [-0.2, 0) is 6.54 Å². The molecule has 0 unspecified atom stereocenters. The Morgan fingerprint density at radius 2 is 2.30 bits per heavy atom. The molecule has 4 nitrogen and oxygen atoms in total. The summed E-state index contributed by atoms with van der Waals surface area (Å²) in [5, 5.41) is 8.83. The molecule has 1 aromatic carbocycles. The van der Waals surface area contributed by atoms with Crippen LogP contribution in [0.3, 0.4) is 0 Å². The second-order valence-electron chi connectivity index (χ2n) is 4.59. The number of aryl methyl sites for hydroxylation is 1.